The monoisotopic (exact) mass is 314 g/mol. The van der Waals surface area contributed by atoms with E-state index in [-0.39, 0.29) is 18.2 Å². The lowest BCUT2D eigenvalue weighted by Crippen LogP contribution is -2.46. The van der Waals surface area contributed by atoms with Crippen LogP contribution in [-0.2, 0) is 6.54 Å². The lowest BCUT2D eigenvalue weighted by molar-refractivity contribution is -0.300. The van der Waals surface area contributed by atoms with Crippen LogP contribution in [0.2, 0.25) is 0 Å². The summed E-state index contributed by atoms with van der Waals surface area (Å²) in [4.78, 5) is 3.48. The van der Waals surface area contributed by atoms with Crippen molar-refractivity contribution in [2.75, 3.05) is 0 Å². The molecular formula is C12H12F6N2O. The van der Waals surface area contributed by atoms with E-state index < -0.39 is 24.3 Å². The molecule has 1 aliphatic rings. The van der Waals surface area contributed by atoms with Crippen LogP contribution in [0.3, 0.4) is 0 Å². The molecule has 0 bridgehead atoms. The highest BCUT2D eigenvalue weighted by Gasteiger charge is 2.59. The third kappa shape index (κ3) is 4.48. The number of aromatic nitrogens is 1. The Morgan fingerprint density at radius 1 is 1.19 bits per heavy atom. The topological polar surface area (TPSA) is 34.1 Å². The van der Waals surface area contributed by atoms with Gasteiger partial charge < -0.3 is 10.1 Å². The Morgan fingerprint density at radius 3 is 2.33 bits per heavy atom. The molecule has 1 N–H and O–H groups in total. The fraction of sp³-hybridized carbons (Fsp3) is 0.583. The van der Waals surface area contributed by atoms with Crippen LogP contribution in [0.4, 0.5) is 26.3 Å². The second-order valence-electron chi connectivity index (χ2n) is 4.70. The number of hydrogen-bond donors (Lipinski definition) is 1. The quantitative estimate of drug-likeness (QED) is 0.848. The molecule has 0 aliphatic heterocycles. The molecule has 0 spiro atoms. The van der Waals surface area contributed by atoms with Gasteiger partial charge in [-0.15, -0.1) is 0 Å². The van der Waals surface area contributed by atoms with Gasteiger partial charge in [0.1, 0.15) is 0 Å². The summed E-state index contributed by atoms with van der Waals surface area (Å²) in [5.74, 6) is -0.662. The van der Waals surface area contributed by atoms with Crippen molar-refractivity contribution in [2.24, 2.45) is 0 Å². The van der Waals surface area contributed by atoms with Crippen LogP contribution >= 0.6 is 0 Å². The minimum Gasteiger partial charge on any atom is -0.454 e. The molecule has 0 aromatic carbocycles. The fourth-order valence-electron chi connectivity index (χ4n) is 1.64. The fourth-order valence-corrected chi connectivity index (χ4v) is 1.64. The van der Waals surface area contributed by atoms with Crippen LogP contribution in [0.5, 0.6) is 5.88 Å². The maximum Gasteiger partial charge on any atom is 0.434 e. The lowest BCUT2D eigenvalue weighted by Gasteiger charge is -2.24. The van der Waals surface area contributed by atoms with Crippen molar-refractivity contribution in [3.05, 3.63) is 23.9 Å². The maximum atomic E-state index is 12.5. The lowest BCUT2D eigenvalue weighted by atomic mass is 10.2. The average molecular weight is 314 g/mol. The molecule has 2 rings (SSSR count). The molecular weight excluding hydrogens is 302 g/mol. The van der Waals surface area contributed by atoms with Crippen LogP contribution in [0.1, 0.15) is 18.4 Å². The van der Waals surface area contributed by atoms with E-state index >= 15 is 0 Å². The largest absolute Gasteiger partial charge is 0.454 e. The zero-order valence-corrected chi connectivity index (χ0v) is 10.6. The summed E-state index contributed by atoms with van der Waals surface area (Å²) >= 11 is 0. The van der Waals surface area contributed by atoms with Crippen molar-refractivity contribution in [1.82, 2.24) is 10.3 Å². The second-order valence-corrected chi connectivity index (χ2v) is 4.70. The van der Waals surface area contributed by atoms with Crippen LogP contribution < -0.4 is 10.1 Å². The Kier molecular flexibility index (Phi) is 4.31. The van der Waals surface area contributed by atoms with Crippen molar-refractivity contribution in [2.45, 2.75) is 43.9 Å². The van der Waals surface area contributed by atoms with Gasteiger partial charge in [-0.25, -0.2) is 4.98 Å². The molecule has 0 radical (unpaired) electrons. The minimum atomic E-state index is -5.56. The van der Waals surface area contributed by atoms with Gasteiger partial charge in [0.2, 0.25) is 5.88 Å². The van der Waals surface area contributed by atoms with Crippen molar-refractivity contribution >= 4 is 0 Å². The molecule has 1 saturated carbocycles. The van der Waals surface area contributed by atoms with Crippen molar-refractivity contribution in [1.29, 1.82) is 0 Å². The van der Waals surface area contributed by atoms with Gasteiger partial charge >= 0.3 is 12.4 Å². The third-order valence-corrected chi connectivity index (χ3v) is 2.83. The van der Waals surface area contributed by atoms with E-state index in [2.05, 4.69) is 15.0 Å². The smallest absolute Gasteiger partial charge is 0.434 e. The zero-order valence-electron chi connectivity index (χ0n) is 10.6. The van der Waals surface area contributed by atoms with Crippen molar-refractivity contribution in [3.63, 3.8) is 0 Å². The number of rotatable bonds is 5. The van der Waals surface area contributed by atoms with Crippen molar-refractivity contribution < 1.29 is 31.1 Å². The highest BCUT2D eigenvalue weighted by Crippen LogP contribution is 2.36. The molecule has 21 heavy (non-hydrogen) atoms. The first-order valence-electron chi connectivity index (χ1n) is 6.15. The van der Waals surface area contributed by atoms with E-state index in [4.69, 9.17) is 0 Å². The summed E-state index contributed by atoms with van der Waals surface area (Å²) in [7, 11) is 0. The summed E-state index contributed by atoms with van der Waals surface area (Å²) in [6.45, 7) is 0.107. The number of hydrogen-bond acceptors (Lipinski definition) is 3. The maximum absolute atomic E-state index is 12.5. The summed E-state index contributed by atoms with van der Waals surface area (Å²) in [6.07, 6.45) is -12.1. The van der Waals surface area contributed by atoms with Crippen LogP contribution in [0.15, 0.2) is 18.3 Å². The first kappa shape index (κ1) is 15.9. The first-order valence-corrected chi connectivity index (χ1v) is 6.15. The van der Waals surface area contributed by atoms with Gasteiger partial charge in [0.05, 0.1) is 0 Å². The van der Waals surface area contributed by atoms with Gasteiger partial charge in [-0.05, 0) is 18.9 Å². The number of nitrogens with one attached hydrogen (secondary N) is 1. The van der Waals surface area contributed by atoms with Crippen LogP contribution in [-0.4, -0.2) is 29.5 Å². The Morgan fingerprint density at radius 2 is 1.81 bits per heavy atom. The predicted octanol–water partition coefficient (Wildman–Crippen LogP) is 3.21. The Hall–Kier alpha value is -1.51. The predicted molar refractivity (Wildman–Crippen MR) is 60.6 cm³/mol. The van der Waals surface area contributed by atoms with Gasteiger partial charge in [0.15, 0.2) is 0 Å². The SMILES string of the molecule is FC(F)(F)C(Oc1ncccc1CNC1CC1)C(F)(F)F. The summed E-state index contributed by atoms with van der Waals surface area (Å²) in [6, 6.07) is 3.05. The van der Waals surface area contributed by atoms with Crippen LogP contribution in [0, 0.1) is 0 Å². The second kappa shape index (κ2) is 5.70. The normalized spacial score (nSPS) is 16.3. The standard InChI is InChI=1S/C12H12F6N2O/c13-11(14,15)10(12(16,17)18)21-9-7(2-1-5-19-9)6-20-8-3-4-8/h1-2,5,8,10,20H,3-4,6H2. The molecule has 1 heterocycles. The Labute approximate surface area is 116 Å². The Balaban J connectivity index is 2.15. The molecule has 9 heteroatoms. The van der Waals surface area contributed by atoms with E-state index in [1.54, 1.807) is 0 Å². The first-order chi connectivity index (χ1) is 9.68. The molecule has 1 aromatic heterocycles. The number of halogens is 6. The van der Waals surface area contributed by atoms with E-state index in [9.17, 15) is 26.3 Å². The third-order valence-electron chi connectivity index (χ3n) is 2.83. The molecule has 118 valence electrons. The molecule has 3 nitrogen and oxygen atoms in total. The Bertz CT molecular complexity index is 469. The van der Waals surface area contributed by atoms with Gasteiger partial charge in [0.25, 0.3) is 6.10 Å². The van der Waals surface area contributed by atoms with E-state index in [1.165, 1.54) is 12.1 Å². The molecule has 1 aliphatic carbocycles. The summed E-state index contributed by atoms with van der Waals surface area (Å²) < 4.78 is 78.9. The number of pyridine rings is 1. The van der Waals surface area contributed by atoms with Crippen LogP contribution in [0.25, 0.3) is 0 Å². The highest BCUT2D eigenvalue weighted by atomic mass is 19.4. The summed E-state index contributed by atoms with van der Waals surface area (Å²) in [5.41, 5.74) is 0.155. The summed E-state index contributed by atoms with van der Waals surface area (Å²) in [5, 5.41) is 2.98. The van der Waals surface area contributed by atoms with Crippen molar-refractivity contribution in [3.8, 4) is 5.88 Å². The number of alkyl halides is 6. The van der Waals surface area contributed by atoms with Gasteiger partial charge in [-0.3, -0.25) is 0 Å². The zero-order chi connectivity index (χ0) is 15.7. The van der Waals surface area contributed by atoms with Gasteiger partial charge in [0, 0.05) is 24.3 Å². The van der Waals surface area contributed by atoms with E-state index in [0.29, 0.717) is 0 Å². The molecule has 0 amide bonds. The molecule has 1 fully saturated rings. The minimum absolute atomic E-state index is 0.107. The van der Waals surface area contributed by atoms with Gasteiger partial charge in [-0.1, -0.05) is 6.07 Å². The number of nitrogens with zero attached hydrogens (tertiary/aromatic N) is 1. The van der Waals surface area contributed by atoms with E-state index in [1.807, 2.05) is 0 Å². The highest BCUT2D eigenvalue weighted by molar-refractivity contribution is 5.26. The van der Waals surface area contributed by atoms with Gasteiger partial charge in [-0.2, -0.15) is 26.3 Å². The average Bonchev–Trinajstić information content (AvgIpc) is 3.15. The number of ether oxygens (including phenoxy) is 1. The molecule has 0 saturated heterocycles. The molecule has 0 atom stereocenters. The molecule has 1 aromatic rings. The molecule has 0 unspecified atom stereocenters. The van der Waals surface area contributed by atoms with E-state index in [0.717, 1.165) is 19.0 Å².